The van der Waals surface area contributed by atoms with Gasteiger partial charge in [-0.25, -0.2) is 4.98 Å². The number of fused-ring (bicyclic) bond motifs is 3. The fraction of sp³-hybridized carbons (Fsp3) is 0.350. The van der Waals surface area contributed by atoms with Crippen molar-refractivity contribution in [2.45, 2.75) is 46.1 Å². The number of aromatic nitrogens is 4. The topological polar surface area (TPSA) is 96.5 Å². The zero-order valence-electron chi connectivity index (χ0n) is 16.0. The average Bonchev–Trinajstić information content (AvgIpc) is 3.21. The van der Waals surface area contributed by atoms with Crippen molar-refractivity contribution in [3.8, 4) is 27.9 Å². The Balaban J connectivity index is 1.90. The van der Waals surface area contributed by atoms with E-state index in [-0.39, 0.29) is 11.8 Å². The Hall–Kier alpha value is -3.05. The van der Waals surface area contributed by atoms with Crippen LogP contribution in [0.4, 0.5) is 5.13 Å². The van der Waals surface area contributed by atoms with E-state index in [1.165, 1.54) is 18.3 Å². The van der Waals surface area contributed by atoms with E-state index < -0.39 is 0 Å². The third kappa shape index (κ3) is 3.18. The van der Waals surface area contributed by atoms with E-state index in [1.54, 1.807) is 0 Å². The third-order valence-corrected chi connectivity index (χ3v) is 5.82. The lowest BCUT2D eigenvalue weighted by Crippen LogP contribution is -2.10. The van der Waals surface area contributed by atoms with Gasteiger partial charge >= 0.3 is 0 Å². The van der Waals surface area contributed by atoms with Crippen LogP contribution in [0.25, 0.3) is 21.8 Å². The Morgan fingerprint density at radius 3 is 2.96 bits per heavy atom. The van der Waals surface area contributed by atoms with Crippen LogP contribution in [-0.2, 0) is 17.8 Å². The Labute approximate surface area is 167 Å². The highest BCUT2D eigenvalue weighted by atomic mass is 32.1. The Bertz CT molecular complexity index is 1090. The molecule has 0 radical (unpaired) electrons. The Morgan fingerprint density at radius 1 is 1.46 bits per heavy atom. The molecule has 0 spiro atoms. The minimum absolute atomic E-state index is 0.135. The van der Waals surface area contributed by atoms with Gasteiger partial charge in [-0.1, -0.05) is 18.3 Å². The molecule has 1 unspecified atom stereocenters. The first-order chi connectivity index (χ1) is 13.5. The van der Waals surface area contributed by atoms with Crippen LogP contribution in [0.15, 0.2) is 18.3 Å². The van der Waals surface area contributed by atoms with Gasteiger partial charge in [0, 0.05) is 29.9 Å². The summed E-state index contributed by atoms with van der Waals surface area (Å²) in [5.41, 5.74) is 5.98. The van der Waals surface area contributed by atoms with Gasteiger partial charge in [0.25, 0.3) is 0 Å². The van der Waals surface area contributed by atoms with Gasteiger partial charge in [-0.15, -0.1) is 0 Å². The van der Waals surface area contributed by atoms with E-state index in [1.807, 2.05) is 29.9 Å². The van der Waals surface area contributed by atoms with Crippen LogP contribution in [0, 0.1) is 18.3 Å². The Morgan fingerprint density at radius 2 is 2.29 bits per heavy atom. The van der Waals surface area contributed by atoms with E-state index in [0.717, 1.165) is 45.2 Å². The number of anilines is 1. The molecule has 1 N–H and O–H groups in total. The fourth-order valence-corrected chi connectivity index (χ4v) is 4.69. The number of nitrogens with one attached hydrogen (secondary N) is 1. The number of carbonyl (C=O) groups is 1. The summed E-state index contributed by atoms with van der Waals surface area (Å²) in [5.74, 6) is 0.0886. The molecule has 1 atom stereocenters. The van der Waals surface area contributed by atoms with Gasteiger partial charge in [-0.2, -0.15) is 10.4 Å². The number of thiazole rings is 1. The normalized spacial score (nSPS) is 14.9. The summed E-state index contributed by atoms with van der Waals surface area (Å²) >= 11 is 1.46. The number of hydrogen-bond donors (Lipinski definition) is 1. The van der Waals surface area contributed by atoms with Crippen molar-refractivity contribution in [3.05, 3.63) is 35.3 Å². The van der Waals surface area contributed by atoms with Crippen LogP contribution in [-0.4, -0.2) is 25.7 Å². The van der Waals surface area contributed by atoms with Crippen LogP contribution in [0.2, 0.25) is 0 Å². The maximum Gasteiger partial charge on any atom is 0.223 e. The largest absolute Gasteiger partial charge is 0.302 e. The molecule has 0 aromatic carbocycles. The molecule has 142 valence electrons. The lowest BCUT2D eigenvalue weighted by Gasteiger charge is -2.20. The molecule has 0 saturated carbocycles. The van der Waals surface area contributed by atoms with Gasteiger partial charge in [-0.05, 0) is 31.4 Å². The second-order valence-electron chi connectivity index (χ2n) is 7.01. The first kappa shape index (κ1) is 18.3. The number of aryl methyl sites for hydroxylation is 2. The second kappa shape index (κ2) is 7.17. The molecule has 28 heavy (non-hydrogen) atoms. The van der Waals surface area contributed by atoms with Crippen molar-refractivity contribution in [1.29, 1.82) is 5.26 Å². The molecular weight excluding hydrogens is 372 g/mol. The molecule has 0 bridgehead atoms. The zero-order chi connectivity index (χ0) is 19.8. The number of rotatable bonds is 4. The maximum absolute atomic E-state index is 11.5. The van der Waals surface area contributed by atoms with Crippen molar-refractivity contribution in [2.75, 3.05) is 5.32 Å². The van der Waals surface area contributed by atoms with Crippen LogP contribution in [0.1, 0.15) is 43.1 Å². The maximum atomic E-state index is 11.5. The number of hydrogen-bond acceptors (Lipinski definition) is 6. The SMILES string of the molecule is CC(=O)Nc1nc2c(s1)-c1c(c(-c3ccc(C)nc3)nn1CCC#N)C(C)C2. The summed E-state index contributed by atoms with van der Waals surface area (Å²) in [6.07, 6.45) is 3.01. The number of pyridine rings is 1. The summed E-state index contributed by atoms with van der Waals surface area (Å²) in [6.45, 7) is 6.12. The third-order valence-electron chi connectivity index (χ3n) is 4.80. The summed E-state index contributed by atoms with van der Waals surface area (Å²) < 4.78 is 1.91. The van der Waals surface area contributed by atoms with Crippen LogP contribution in [0.5, 0.6) is 0 Å². The average molecular weight is 392 g/mol. The predicted molar refractivity (Wildman–Crippen MR) is 108 cm³/mol. The molecule has 3 aromatic heterocycles. The highest BCUT2D eigenvalue weighted by Crippen LogP contribution is 2.47. The van der Waals surface area contributed by atoms with Gasteiger partial charge < -0.3 is 5.32 Å². The van der Waals surface area contributed by atoms with E-state index in [9.17, 15) is 4.79 Å². The van der Waals surface area contributed by atoms with Crippen molar-refractivity contribution in [1.82, 2.24) is 19.7 Å². The van der Waals surface area contributed by atoms with E-state index in [0.29, 0.717) is 18.1 Å². The molecule has 7 nitrogen and oxygen atoms in total. The number of carbonyl (C=O) groups excluding carboxylic acids is 1. The number of amides is 1. The molecule has 0 saturated heterocycles. The van der Waals surface area contributed by atoms with Gasteiger partial charge in [-0.3, -0.25) is 14.5 Å². The van der Waals surface area contributed by atoms with Crippen molar-refractivity contribution in [2.24, 2.45) is 0 Å². The van der Waals surface area contributed by atoms with Gasteiger partial charge in [0.2, 0.25) is 5.91 Å². The molecule has 8 heteroatoms. The van der Waals surface area contributed by atoms with Gasteiger partial charge in [0.15, 0.2) is 5.13 Å². The molecule has 1 aliphatic carbocycles. The standard InChI is InChI=1S/C20H20N6OS/c1-11-9-15-19(28-20(24-15)23-13(3)27)18-16(11)17(25-26(18)8-4-7-21)14-6-5-12(2)22-10-14/h5-6,10-11H,4,8-9H2,1-3H3,(H,23,24,27). The minimum Gasteiger partial charge on any atom is -0.302 e. The first-order valence-corrected chi connectivity index (χ1v) is 9.98. The number of nitriles is 1. The summed E-state index contributed by atoms with van der Waals surface area (Å²) in [5, 5.41) is 17.3. The minimum atomic E-state index is -0.135. The fourth-order valence-electron chi connectivity index (χ4n) is 3.59. The van der Waals surface area contributed by atoms with E-state index in [4.69, 9.17) is 10.4 Å². The molecule has 4 rings (SSSR count). The van der Waals surface area contributed by atoms with Crippen LogP contribution < -0.4 is 5.32 Å². The first-order valence-electron chi connectivity index (χ1n) is 9.16. The molecule has 1 aliphatic rings. The van der Waals surface area contributed by atoms with Gasteiger partial charge in [0.05, 0.1) is 41.0 Å². The molecule has 0 fully saturated rings. The van der Waals surface area contributed by atoms with Crippen molar-refractivity contribution >= 4 is 22.4 Å². The molecule has 3 aromatic rings. The Kier molecular flexibility index (Phi) is 4.69. The molecular formula is C20H20N6OS. The van der Waals surface area contributed by atoms with E-state index >= 15 is 0 Å². The van der Waals surface area contributed by atoms with Crippen molar-refractivity contribution in [3.63, 3.8) is 0 Å². The second-order valence-corrected chi connectivity index (χ2v) is 8.01. The highest BCUT2D eigenvalue weighted by molar-refractivity contribution is 7.19. The summed E-state index contributed by atoms with van der Waals surface area (Å²) in [6, 6.07) is 6.23. The summed E-state index contributed by atoms with van der Waals surface area (Å²) in [4.78, 5) is 21.5. The predicted octanol–water partition coefficient (Wildman–Crippen LogP) is 3.91. The quantitative estimate of drug-likeness (QED) is 0.726. The summed E-state index contributed by atoms with van der Waals surface area (Å²) in [7, 11) is 0. The monoisotopic (exact) mass is 392 g/mol. The highest BCUT2D eigenvalue weighted by Gasteiger charge is 2.33. The van der Waals surface area contributed by atoms with E-state index in [2.05, 4.69) is 28.3 Å². The van der Waals surface area contributed by atoms with Gasteiger partial charge in [0.1, 0.15) is 0 Å². The number of nitrogens with zero attached hydrogens (tertiary/aromatic N) is 5. The molecule has 0 aliphatic heterocycles. The van der Waals surface area contributed by atoms with Crippen molar-refractivity contribution < 1.29 is 4.79 Å². The zero-order valence-corrected chi connectivity index (χ0v) is 16.8. The molecule has 3 heterocycles. The smallest absolute Gasteiger partial charge is 0.223 e. The lowest BCUT2D eigenvalue weighted by atomic mass is 9.86. The molecule has 1 amide bonds. The lowest BCUT2D eigenvalue weighted by molar-refractivity contribution is -0.114. The van der Waals surface area contributed by atoms with Crippen LogP contribution in [0.3, 0.4) is 0 Å². The van der Waals surface area contributed by atoms with Crippen LogP contribution >= 0.6 is 11.3 Å².